The zero-order valence-corrected chi connectivity index (χ0v) is 11.9. The molecule has 2 rings (SSSR count). The molecule has 0 unspecified atom stereocenters. The third-order valence-electron chi connectivity index (χ3n) is 3.80. The summed E-state index contributed by atoms with van der Waals surface area (Å²) in [5.74, 6) is -0.721. The molecular weight excluding hydrogens is 264 g/mol. The van der Waals surface area contributed by atoms with E-state index in [-0.39, 0.29) is 18.3 Å². The van der Waals surface area contributed by atoms with Crippen molar-refractivity contribution in [2.75, 3.05) is 6.61 Å². The van der Waals surface area contributed by atoms with E-state index in [4.69, 9.17) is 4.74 Å². The molecule has 0 aromatic heterocycles. The van der Waals surface area contributed by atoms with Gasteiger partial charge in [0.25, 0.3) is 0 Å². The maximum atomic E-state index is 11.7. The normalized spacial score (nSPS) is 19.2. The molecule has 0 saturated heterocycles. The number of allylic oxidation sites excluding steroid dienone is 2. The van der Waals surface area contributed by atoms with Gasteiger partial charge in [0.05, 0.1) is 25.2 Å². The highest BCUT2D eigenvalue weighted by Gasteiger charge is 2.48. The summed E-state index contributed by atoms with van der Waals surface area (Å²) in [4.78, 5) is 11.7. The van der Waals surface area contributed by atoms with Gasteiger partial charge in [0.2, 0.25) is 0 Å². The smallest absolute Gasteiger partial charge is 0.306 e. The van der Waals surface area contributed by atoms with Gasteiger partial charge in [-0.2, -0.15) is 10.5 Å². The molecule has 0 saturated carbocycles. The summed E-state index contributed by atoms with van der Waals surface area (Å²) in [7, 11) is 0. The van der Waals surface area contributed by atoms with Crippen LogP contribution in [0.25, 0.3) is 5.57 Å². The summed E-state index contributed by atoms with van der Waals surface area (Å²) in [5.41, 5.74) is 0.267. The largest absolute Gasteiger partial charge is 0.466 e. The van der Waals surface area contributed by atoms with Gasteiger partial charge in [-0.25, -0.2) is 0 Å². The minimum absolute atomic E-state index is 0.0851. The Bertz CT molecular complexity index is 621. The van der Waals surface area contributed by atoms with Crippen LogP contribution in [0.1, 0.15) is 25.3 Å². The lowest BCUT2D eigenvalue weighted by Gasteiger charge is -2.24. The number of carbonyl (C=O) groups is 1. The van der Waals surface area contributed by atoms with Crippen molar-refractivity contribution in [2.45, 2.75) is 19.8 Å². The number of hydrogen-bond donors (Lipinski definition) is 0. The summed E-state index contributed by atoms with van der Waals surface area (Å²) < 4.78 is 4.95. The van der Waals surface area contributed by atoms with Gasteiger partial charge in [-0.05, 0) is 24.5 Å². The summed E-state index contributed by atoms with van der Waals surface area (Å²) in [6, 6.07) is 13.6. The highest BCUT2D eigenvalue weighted by atomic mass is 16.5. The number of nitrogens with zero attached hydrogens (tertiary/aromatic N) is 2. The summed E-state index contributed by atoms with van der Waals surface area (Å²) in [6.07, 6.45) is 2.51. The Kier molecular flexibility index (Phi) is 4.40. The van der Waals surface area contributed by atoms with Crippen LogP contribution in [0.2, 0.25) is 0 Å². The van der Waals surface area contributed by atoms with Crippen LogP contribution in [0.3, 0.4) is 0 Å². The molecule has 0 amide bonds. The molecule has 4 nitrogen and oxygen atoms in total. The van der Waals surface area contributed by atoms with Gasteiger partial charge >= 0.3 is 5.97 Å². The van der Waals surface area contributed by atoms with E-state index in [9.17, 15) is 15.3 Å². The predicted octanol–water partition coefficient (Wildman–Crippen LogP) is 3.08. The molecule has 0 heterocycles. The fourth-order valence-electron chi connectivity index (χ4n) is 2.77. The number of esters is 1. The van der Waals surface area contributed by atoms with Gasteiger partial charge < -0.3 is 4.74 Å². The van der Waals surface area contributed by atoms with Crippen molar-refractivity contribution >= 4 is 11.5 Å². The monoisotopic (exact) mass is 280 g/mol. The van der Waals surface area contributed by atoms with E-state index in [0.717, 1.165) is 5.56 Å². The topological polar surface area (TPSA) is 73.9 Å². The van der Waals surface area contributed by atoms with Gasteiger partial charge in [0, 0.05) is 5.92 Å². The van der Waals surface area contributed by atoms with E-state index in [1.54, 1.807) is 6.92 Å². The minimum atomic E-state index is -1.28. The number of hydrogen-bond acceptors (Lipinski definition) is 4. The molecule has 1 aromatic carbocycles. The van der Waals surface area contributed by atoms with Crippen molar-refractivity contribution in [1.82, 2.24) is 0 Å². The van der Waals surface area contributed by atoms with Crippen molar-refractivity contribution in [1.29, 1.82) is 10.5 Å². The molecule has 1 atom stereocenters. The van der Waals surface area contributed by atoms with E-state index in [1.807, 2.05) is 36.4 Å². The molecule has 4 heteroatoms. The Labute approximate surface area is 124 Å². The van der Waals surface area contributed by atoms with E-state index < -0.39 is 5.41 Å². The third kappa shape index (κ3) is 2.66. The fraction of sp³-hybridized carbons (Fsp3) is 0.353. The molecular formula is C17H16N2O2. The lowest BCUT2D eigenvalue weighted by molar-refractivity contribution is -0.144. The molecule has 1 aromatic rings. The standard InChI is InChI=1S/C17H16N2O2/c1-2-21-16(20)10-14-8-9-15(17(14,11-18)12-19)13-6-4-3-5-7-13/h3-7,9,14H,2,8,10H2,1H3/t14-/m1/s1. The van der Waals surface area contributed by atoms with Crippen LogP contribution < -0.4 is 0 Å². The lowest BCUT2D eigenvalue weighted by Crippen LogP contribution is -2.27. The van der Waals surface area contributed by atoms with E-state index in [0.29, 0.717) is 18.6 Å². The first-order valence-corrected chi connectivity index (χ1v) is 6.92. The quantitative estimate of drug-likeness (QED) is 0.794. The molecule has 21 heavy (non-hydrogen) atoms. The highest BCUT2D eigenvalue weighted by Crippen LogP contribution is 2.49. The summed E-state index contributed by atoms with van der Waals surface area (Å²) in [5, 5.41) is 19.2. The Morgan fingerprint density at radius 1 is 1.33 bits per heavy atom. The molecule has 106 valence electrons. The van der Waals surface area contributed by atoms with Crippen LogP contribution in [0.4, 0.5) is 0 Å². The van der Waals surface area contributed by atoms with Crippen LogP contribution in [-0.2, 0) is 9.53 Å². The Morgan fingerprint density at radius 2 is 2.00 bits per heavy atom. The second-order valence-electron chi connectivity index (χ2n) is 4.96. The number of ether oxygens (including phenoxy) is 1. The molecule has 0 aliphatic heterocycles. The first kappa shape index (κ1) is 14.8. The Balaban J connectivity index is 2.32. The van der Waals surface area contributed by atoms with Crippen molar-refractivity contribution in [3.8, 4) is 12.1 Å². The average Bonchev–Trinajstić information content (AvgIpc) is 2.87. The van der Waals surface area contributed by atoms with Crippen LogP contribution in [0.15, 0.2) is 36.4 Å². The molecule has 0 spiro atoms. The molecule has 0 fully saturated rings. The van der Waals surface area contributed by atoms with E-state index >= 15 is 0 Å². The van der Waals surface area contributed by atoms with E-state index in [2.05, 4.69) is 12.1 Å². The van der Waals surface area contributed by atoms with Crippen molar-refractivity contribution in [2.24, 2.45) is 11.3 Å². The molecule has 1 aliphatic carbocycles. The van der Waals surface area contributed by atoms with Crippen LogP contribution in [-0.4, -0.2) is 12.6 Å². The Morgan fingerprint density at radius 3 is 2.57 bits per heavy atom. The summed E-state index contributed by atoms with van der Waals surface area (Å²) in [6.45, 7) is 2.04. The number of carbonyl (C=O) groups excluding carboxylic acids is 1. The van der Waals surface area contributed by atoms with Gasteiger partial charge in [0.1, 0.15) is 0 Å². The zero-order valence-electron chi connectivity index (χ0n) is 11.9. The average molecular weight is 280 g/mol. The van der Waals surface area contributed by atoms with Gasteiger partial charge in [-0.15, -0.1) is 0 Å². The van der Waals surface area contributed by atoms with Gasteiger partial charge in [-0.3, -0.25) is 4.79 Å². The van der Waals surface area contributed by atoms with Crippen LogP contribution >= 0.6 is 0 Å². The first-order chi connectivity index (χ1) is 10.2. The SMILES string of the molecule is CCOC(=O)C[C@H]1CC=C(c2ccccc2)C1(C#N)C#N. The second-order valence-corrected chi connectivity index (χ2v) is 4.96. The van der Waals surface area contributed by atoms with E-state index in [1.165, 1.54) is 0 Å². The highest BCUT2D eigenvalue weighted by molar-refractivity contribution is 5.80. The maximum Gasteiger partial charge on any atom is 0.306 e. The van der Waals surface area contributed by atoms with Gasteiger partial charge in [0.15, 0.2) is 5.41 Å². The maximum absolute atomic E-state index is 11.7. The Hall–Kier alpha value is -2.59. The second kappa shape index (κ2) is 6.24. The molecule has 0 N–H and O–H groups in total. The number of benzene rings is 1. The zero-order chi connectivity index (χ0) is 15.3. The molecule has 0 bridgehead atoms. The lowest BCUT2D eigenvalue weighted by atomic mass is 9.72. The predicted molar refractivity (Wildman–Crippen MR) is 77.4 cm³/mol. The first-order valence-electron chi connectivity index (χ1n) is 6.92. The number of rotatable bonds is 4. The van der Waals surface area contributed by atoms with Crippen LogP contribution in [0.5, 0.6) is 0 Å². The number of nitriles is 2. The molecule has 0 radical (unpaired) electrons. The summed E-state index contributed by atoms with van der Waals surface area (Å²) >= 11 is 0. The minimum Gasteiger partial charge on any atom is -0.466 e. The van der Waals surface area contributed by atoms with Crippen molar-refractivity contribution < 1.29 is 9.53 Å². The fourth-order valence-corrected chi connectivity index (χ4v) is 2.77. The van der Waals surface area contributed by atoms with Crippen molar-refractivity contribution in [3.63, 3.8) is 0 Å². The third-order valence-corrected chi connectivity index (χ3v) is 3.80. The van der Waals surface area contributed by atoms with Crippen molar-refractivity contribution in [3.05, 3.63) is 42.0 Å². The van der Waals surface area contributed by atoms with Crippen LogP contribution in [0, 0.1) is 34.0 Å². The molecule has 1 aliphatic rings. The van der Waals surface area contributed by atoms with Gasteiger partial charge in [-0.1, -0.05) is 36.4 Å².